The van der Waals surface area contributed by atoms with E-state index in [9.17, 15) is 0 Å². The Hall–Kier alpha value is -2.86. The Bertz CT molecular complexity index is 1120. The van der Waals surface area contributed by atoms with Crippen molar-refractivity contribution < 1.29 is 0 Å². The van der Waals surface area contributed by atoms with Crippen molar-refractivity contribution in [3.8, 4) is 11.3 Å². The smallest absolute Gasteiger partial charge is 0.211 e. The number of benzene rings is 1. The Kier molecular flexibility index (Phi) is 4.09. The minimum atomic E-state index is 0.675. The van der Waals surface area contributed by atoms with Crippen molar-refractivity contribution in [3.05, 3.63) is 48.3 Å². The van der Waals surface area contributed by atoms with Gasteiger partial charge in [-0.2, -0.15) is 0 Å². The zero-order valence-corrected chi connectivity index (χ0v) is 16.7. The Morgan fingerprint density at radius 3 is 2.75 bits per heavy atom. The molecule has 1 fully saturated rings. The van der Waals surface area contributed by atoms with Gasteiger partial charge in [0.2, 0.25) is 5.95 Å². The minimum Gasteiger partial charge on any atom is -0.345 e. The fourth-order valence-corrected chi connectivity index (χ4v) is 4.35. The predicted octanol–water partition coefficient (Wildman–Crippen LogP) is 3.57. The van der Waals surface area contributed by atoms with Gasteiger partial charge in [-0.15, -0.1) is 0 Å². The Labute approximate surface area is 164 Å². The number of aromatic amines is 1. The molecule has 0 saturated carbocycles. The van der Waals surface area contributed by atoms with E-state index in [0.29, 0.717) is 5.92 Å². The van der Waals surface area contributed by atoms with E-state index in [1.54, 1.807) is 0 Å². The summed E-state index contributed by atoms with van der Waals surface area (Å²) >= 11 is 0. The summed E-state index contributed by atoms with van der Waals surface area (Å²) in [5.41, 5.74) is 6.42. The van der Waals surface area contributed by atoms with E-state index in [2.05, 4.69) is 75.5 Å². The molecular weight excluding hydrogens is 348 g/mol. The number of H-pyrrole nitrogens is 1. The summed E-state index contributed by atoms with van der Waals surface area (Å²) in [6, 6.07) is 10.7. The van der Waals surface area contributed by atoms with Crippen molar-refractivity contribution in [2.45, 2.75) is 13.3 Å². The van der Waals surface area contributed by atoms with Gasteiger partial charge in [-0.05, 0) is 39.4 Å². The van der Waals surface area contributed by atoms with Crippen molar-refractivity contribution in [1.82, 2.24) is 24.3 Å². The summed E-state index contributed by atoms with van der Waals surface area (Å²) in [5, 5.41) is 0. The van der Waals surface area contributed by atoms with Crippen LogP contribution in [0.3, 0.4) is 0 Å². The highest BCUT2D eigenvalue weighted by molar-refractivity contribution is 5.86. The number of aromatic nitrogens is 4. The Morgan fingerprint density at radius 1 is 1.14 bits per heavy atom. The summed E-state index contributed by atoms with van der Waals surface area (Å²) in [6.07, 6.45) is 5.09. The molecule has 0 spiro atoms. The maximum Gasteiger partial charge on any atom is 0.211 e. The third-order valence-corrected chi connectivity index (χ3v) is 5.67. The van der Waals surface area contributed by atoms with Crippen LogP contribution < -0.4 is 4.90 Å². The lowest BCUT2D eigenvalue weighted by Gasteiger charge is -2.19. The minimum absolute atomic E-state index is 0.675. The lowest BCUT2D eigenvalue weighted by Crippen LogP contribution is -2.26. The molecule has 1 N–H and O–H groups in total. The second-order valence-corrected chi connectivity index (χ2v) is 8.18. The third kappa shape index (κ3) is 2.85. The molecule has 1 aliphatic heterocycles. The maximum absolute atomic E-state index is 5.14. The molecule has 6 nitrogen and oxygen atoms in total. The van der Waals surface area contributed by atoms with Gasteiger partial charge in [0.25, 0.3) is 0 Å². The van der Waals surface area contributed by atoms with Gasteiger partial charge in [0.15, 0.2) is 5.65 Å². The van der Waals surface area contributed by atoms with Gasteiger partial charge in [0, 0.05) is 31.4 Å². The van der Waals surface area contributed by atoms with E-state index in [1.165, 1.54) is 12.0 Å². The highest BCUT2D eigenvalue weighted by Crippen LogP contribution is 2.33. The maximum atomic E-state index is 5.14. The molecule has 1 unspecified atom stereocenters. The quantitative estimate of drug-likeness (QED) is 0.593. The van der Waals surface area contributed by atoms with Crippen LogP contribution >= 0.6 is 0 Å². The van der Waals surface area contributed by atoms with Crippen LogP contribution in [0.1, 0.15) is 12.0 Å². The molecule has 1 aromatic carbocycles. The first-order valence-corrected chi connectivity index (χ1v) is 9.91. The number of aryl methyl sites for hydroxylation is 1. The van der Waals surface area contributed by atoms with Crippen molar-refractivity contribution in [2.24, 2.45) is 5.92 Å². The van der Waals surface area contributed by atoms with Crippen LogP contribution in [0.2, 0.25) is 0 Å². The molecule has 4 heterocycles. The van der Waals surface area contributed by atoms with Crippen LogP contribution in [0.5, 0.6) is 0 Å². The number of hydrogen-bond acceptors (Lipinski definition) is 4. The second kappa shape index (κ2) is 6.63. The van der Waals surface area contributed by atoms with E-state index in [-0.39, 0.29) is 0 Å². The molecule has 1 aliphatic rings. The molecule has 5 rings (SSSR count). The molecule has 6 heteroatoms. The van der Waals surface area contributed by atoms with Gasteiger partial charge >= 0.3 is 0 Å². The summed E-state index contributed by atoms with van der Waals surface area (Å²) < 4.78 is 2.27. The zero-order valence-electron chi connectivity index (χ0n) is 16.7. The van der Waals surface area contributed by atoms with E-state index in [1.807, 2.05) is 12.4 Å². The van der Waals surface area contributed by atoms with Crippen molar-refractivity contribution in [2.75, 3.05) is 38.6 Å². The summed E-state index contributed by atoms with van der Waals surface area (Å²) in [4.78, 5) is 17.7. The molecule has 3 aromatic heterocycles. The van der Waals surface area contributed by atoms with Gasteiger partial charge in [-0.1, -0.05) is 29.8 Å². The largest absolute Gasteiger partial charge is 0.345 e. The van der Waals surface area contributed by atoms with Gasteiger partial charge in [-0.25, -0.2) is 9.97 Å². The Morgan fingerprint density at radius 2 is 1.96 bits per heavy atom. The summed E-state index contributed by atoms with van der Waals surface area (Å²) in [7, 11) is 4.30. The normalized spacial score (nSPS) is 17.4. The summed E-state index contributed by atoms with van der Waals surface area (Å²) in [5.74, 6) is 1.70. The first-order valence-electron chi connectivity index (χ1n) is 9.91. The third-order valence-electron chi connectivity index (χ3n) is 5.67. The molecule has 28 heavy (non-hydrogen) atoms. The molecule has 4 aromatic rings. The van der Waals surface area contributed by atoms with Crippen molar-refractivity contribution in [3.63, 3.8) is 0 Å². The van der Waals surface area contributed by atoms with E-state index >= 15 is 0 Å². The molecule has 0 amide bonds. The van der Waals surface area contributed by atoms with Crippen LogP contribution in [0.4, 0.5) is 5.95 Å². The monoisotopic (exact) mass is 374 g/mol. The molecule has 1 atom stereocenters. The lowest BCUT2D eigenvalue weighted by molar-refractivity contribution is 0.340. The van der Waals surface area contributed by atoms with Crippen LogP contribution in [0.25, 0.3) is 27.9 Å². The van der Waals surface area contributed by atoms with Crippen molar-refractivity contribution in [1.29, 1.82) is 0 Å². The summed E-state index contributed by atoms with van der Waals surface area (Å²) in [6.45, 7) is 5.31. The number of anilines is 1. The van der Waals surface area contributed by atoms with Crippen molar-refractivity contribution >= 4 is 22.6 Å². The van der Waals surface area contributed by atoms with Gasteiger partial charge in [0.05, 0.1) is 22.9 Å². The van der Waals surface area contributed by atoms with Gasteiger partial charge in [0.1, 0.15) is 0 Å². The molecule has 0 radical (unpaired) electrons. The number of fused-ring (bicyclic) bond motifs is 3. The first-order chi connectivity index (χ1) is 13.6. The SMILES string of the molecule is Cc1ccc(-c2nc(N3CCC(CN(C)C)C3)n3c2cnc2[nH]ccc23)cc1. The van der Waals surface area contributed by atoms with E-state index < -0.39 is 0 Å². The van der Waals surface area contributed by atoms with E-state index in [4.69, 9.17) is 4.98 Å². The number of rotatable bonds is 4. The molecule has 0 aliphatic carbocycles. The van der Waals surface area contributed by atoms with Gasteiger partial charge < -0.3 is 14.8 Å². The fraction of sp³-hybridized carbons (Fsp3) is 0.364. The zero-order chi connectivity index (χ0) is 19.3. The highest BCUT2D eigenvalue weighted by Gasteiger charge is 2.28. The van der Waals surface area contributed by atoms with Crippen LogP contribution in [-0.4, -0.2) is 58.0 Å². The first kappa shape index (κ1) is 17.3. The highest BCUT2D eigenvalue weighted by atomic mass is 15.3. The van der Waals surface area contributed by atoms with Crippen LogP contribution in [0, 0.1) is 12.8 Å². The molecular formula is C22H26N6. The lowest BCUT2D eigenvalue weighted by atomic mass is 10.1. The average Bonchev–Trinajstić information content (AvgIpc) is 3.38. The van der Waals surface area contributed by atoms with E-state index in [0.717, 1.165) is 53.5 Å². The van der Waals surface area contributed by atoms with Gasteiger partial charge in [-0.3, -0.25) is 4.40 Å². The number of imidazole rings is 1. The number of nitrogens with one attached hydrogen (secondary N) is 1. The number of hydrogen-bond donors (Lipinski definition) is 1. The second-order valence-electron chi connectivity index (χ2n) is 8.18. The standard InChI is InChI=1S/C22H26N6/c1-15-4-6-17(7-5-15)20-19-12-24-21-18(8-10-23-21)28(19)22(25-20)27-11-9-16(14-27)13-26(2)3/h4-8,10,12,16,23H,9,11,13-14H2,1-3H3. The molecule has 144 valence electrons. The molecule has 0 bridgehead atoms. The van der Waals surface area contributed by atoms with Crippen LogP contribution in [0.15, 0.2) is 42.7 Å². The predicted molar refractivity (Wildman–Crippen MR) is 114 cm³/mol. The topological polar surface area (TPSA) is 52.5 Å². The Balaban J connectivity index is 1.66. The van der Waals surface area contributed by atoms with Crippen LogP contribution in [-0.2, 0) is 0 Å². The molecule has 1 saturated heterocycles. The fourth-order valence-electron chi connectivity index (χ4n) is 4.35. The average molecular weight is 374 g/mol. The number of nitrogens with zero attached hydrogens (tertiary/aromatic N) is 5.